The van der Waals surface area contributed by atoms with Gasteiger partial charge in [-0.3, -0.25) is 6.08 Å². The first-order valence-electron chi connectivity index (χ1n) is 5.82. The molecule has 0 heterocycles. The van der Waals surface area contributed by atoms with Gasteiger partial charge in [0.2, 0.25) is 0 Å². The van der Waals surface area contributed by atoms with Crippen LogP contribution in [0.25, 0.3) is 10.8 Å². The van der Waals surface area contributed by atoms with E-state index in [0.29, 0.717) is 0 Å². The van der Waals surface area contributed by atoms with E-state index in [1.54, 1.807) is 0 Å². The molecule has 1 aliphatic rings. The molecule has 0 fully saturated rings. The molecular formula is C16H14Cl2Zr. The predicted octanol–water partition coefficient (Wildman–Crippen LogP) is -1.81. The maximum Gasteiger partial charge on any atom is 4.00 e. The van der Waals surface area contributed by atoms with E-state index in [4.69, 9.17) is 0 Å². The van der Waals surface area contributed by atoms with Gasteiger partial charge in [-0.1, -0.05) is 12.5 Å². The van der Waals surface area contributed by atoms with Crippen molar-refractivity contribution in [3.63, 3.8) is 0 Å². The van der Waals surface area contributed by atoms with Gasteiger partial charge in [-0.25, -0.2) is 11.6 Å². The van der Waals surface area contributed by atoms with Gasteiger partial charge in [-0.05, 0) is 6.42 Å². The minimum absolute atomic E-state index is 0. The zero-order valence-corrected chi connectivity index (χ0v) is 14.5. The second-order valence-electron chi connectivity index (χ2n) is 4.30. The van der Waals surface area contributed by atoms with Crippen LogP contribution in [0, 0.1) is 6.08 Å². The fourth-order valence-electron chi connectivity index (χ4n) is 2.26. The molecule has 0 unspecified atom stereocenters. The summed E-state index contributed by atoms with van der Waals surface area (Å²) in [7, 11) is 0. The summed E-state index contributed by atoms with van der Waals surface area (Å²) in [5.41, 5.74) is 2.81. The third-order valence-electron chi connectivity index (χ3n) is 3.13. The van der Waals surface area contributed by atoms with Crippen molar-refractivity contribution in [1.82, 2.24) is 0 Å². The molecule has 3 heteroatoms. The van der Waals surface area contributed by atoms with Crippen LogP contribution < -0.4 is 24.8 Å². The second-order valence-corrected chi connectivity index (χ2v) is 4.30. The van der Waals surface area contributed by atoms with Crippen LogP contribution in [0.3, 0.4) is 0 Å². The Bertz CT molecular complexity index is 534. The number of hydrogen-bond acceptors (Lipinski definition) is 0. The van der Waals surface area contributed by atoms with Gasteiger partial charge >= 0.3 is 26.2 Å². The average molecular weight is 368 g/mol. The quantitative estimate of drug-likeness (QED) is 0.560. The summed E-state index contributed by atoms with van der Waals surface area (Å²) in [4.78, 5) is 0. The molecule has 0 bridgehead atoms. The van der Waals surface area contributed by atoms with Crippen molar-refractivity contribution in [3.05, 3.63) is 65.8 Å². The SMILES string of the molecule is [C-]1=C(CCc2cc3ccccc3[cH-]2)C=CC1.[Cl-].[Cl-].[Zr+4]. The van der Waals surface area contributed by atoms with Crippen LogP contribution >= 0.6 is 0 Å². The molecule has 0 aliphatic heterocycles. The Hall–Kier alpha value is -0.227. The Morgan fingerprint density at radius 2 is 1.89 bits per heavy atom. The van der Waals surface area contributed by atoms with E-state index in [1.165, 1.54) is 21.9 Å². The van der Waals surface area contributed by atoms with Crippen LogP contribution in [0.15, 0.2) is 54.1 Å². The van der Waals surface area contributed by atoms with Gasteiger partial charge in [-0.2, -0.15) is 12.1 Å². The van der Waals surface area contributed by atoms with E-state index in [0.717, 1.165) is 19.3 Å². The number of rotatable bonds is 3. The topological polar surface area (TPSA) is 0 Å². The van der Waals surface area contributed by atoms with Crippen molar-refractivity contribution in [2.75, 3.05) is 0 Å². The van der Waals surface area contributed by atoms with Gasteiger partial charge in [0.05, 0.1) is 0 Å². The maximum atomic E-state index is 3.37. The number of aryl methyl sites for hydroxylation is 1. The molecule has 2 aromatic rings. The van der Waals surface area contributed by atoms with Crippen LogP contribution in [0.5, 0.6) is 0 Å². The third kappa shape index (κ3) is 4.67. The Morgan fingerprint density at radius 1 is 1.11 bits per heavy atom. The maximum absolute atomic E-state index is 3.37. The summed E-state index contributed by atoms with van der Waals surface area (Å²) < 4.78 is 0. The molecule has 0 nitrogen and oxygen atoms in total. The molecule has 2 aromatic carbocycles. The molecule has 3 rings (SSSR count). The molecule has 0 saturated heterocycles. The van der Waals surface area contributed by atoms with Crippen molar-refractivity contribution in [2.24, 2.45) is 0 Å². The van der Waals surface area contributed by atoms with Crippen molar-refractivity contribution >= 4 is 10.8 Å². The largest absolute Gasteiger partial charge is 4.00 e. The first-order chi connectivity index (χ1) is 7.92. The van der Waals surface area contributed by atoms with Gasteiger partial charge in [0.25, 0.3) is 0 Å². The van der Waals surface area contributed by atoms with Crippen LogP contribution in [0.4, 0.5) is 0 Å². The first kappa shape index (κ1) is 18.8. The summed E-state index contributed by atoms with van der Waals surface area (Å²) in [6, 6.07) is 13.2. The van der Waals surface area contributed by atoms with E-state index in [-0.39, 0.29) is 51.0 Å². The Morgan fingerprint density at radius 3 is 2.58 bits per heavy atom. The summed E-state index contributed by atoms with van der Waals surface area (Å²) in [5, 5.41) is 2.72. The fraction of sp³-hybridized carbons (Fsp3) is 0.188. The number of halogens is 2. The van der Waals surface area contributed by atoms with Gasteiger partial charge in [0.1, 0.15) is 0 Å². The van der Waals surface area contributed by atoms with Crippen LogP contribution in [0.2, 0.25) is 0 Å². The Labute approximate surface area is 146 Å². The summed E-state index contributed by atoms with van der Waals surface area (Å²) in [6.45, 7) is 0. The van der Waals surface area contributed by atoms with Crippen molar-refractivity contribution in [3.8, 4) is 0 Å². The summed E-state index contributed by atoms with van der Waals surface area (Å²) >= 11 is 0. The molecule has 0 radical (unpaired) electrons. The molecule has 0 saturated carbocycles. The Balaban J connectivity index is 0.00000108. The smallest absolute Gasteiger partial charge is 1.00 e. The normalized spacial score (nSPS) is 12.3. The molecule has 0 N–H and O–H groups in total. The van der Waals surface area contributed by atoms with Crippen molar-refractivity contribution in [1.29, 1.82) is 0 Å². The zero-order chi connectivity index (χ0) is 10.8. The van der Waals surface area contributed by atoms with Gasteiger partial charge in [-0.15, -0.1) is 47.0 Å². The van der Waals surface area contributed by atoms with Crippen molar-refractivity contribution < 1.29 is 51.0 Å². The van der Waals surface area contributed by atoms with Crippen LogP contribution in [-0.4, -0.2) is 0 Å². The molecule has 96 valence electrons. The minimum Gasteiger partial charge on any atom is -1.00 e. The standard InChI is InChI=1S/C16H14.2ClH.Zr/c1-2-6-13(5-1)9-10-14-11-15-7-3-4-8-16(15)12-14;;;/h1,3-5,7-8,11-12H,2,9-10H2;2*1H;/q-2;;;+4/p-2. The third-order valence-corrected chi connectivity index (χ3v) is 3.13. The van der Waals surface area contributed by atoms with E-state index in [1.807, 2.05) is 0 Å². The van der Waals surface area contributed by atoms with Gasteiger partial charge in [0, 0.05) is 0 Å². The van der Waals surface area contributed by atoms with Crippen LogP contribution in [0.1, 0.15) is 18.4 Å². The van der Waals surface area contributed by atoms with Crippen LogP contribution in [-0.2, 0) is 32.6 Å². The van der Waals surface area contributed by atoms with Gasteiger partial charge < -0.3 is 24.8 Å². The number of allylic oxidation sites excluding steroid dienone is 4. The molecule has 1 aliphatic carbocycles. The van der Waals surface area contributed by atoms with E-state index in [9.17, 15) is 0 Å². The first-order valence-corrected chi connectivity index (χ1v) is 5.82. The molecular weight excluding hydrogens is 354 g/mol. The molecule has 0 amide bonds. The molecule has 19 heavy (non-hydrogen) atoms. The predicted molar refractivity (Wildman–Crippen MR) is 68.4 cm³/mol. The monoisotopic (exact) mass is 366 g/mol. The number of fused-ring (bicyclic) bond motifs is 1. The minimum atomic E-state index is 0. The average Bonchev–Trinajstić information content (AvgIpc) is 2.95. The number of hydrogen-bond donors (Lipinski definition) is 0. The van der Waals surface area contributed by atoms with Crippen molar-refractivity contribution in [2.45, 2.75) is 19.3 Å². The molecule has 0 aromatic heterocycles. The number of benzene rings is 1. The Kier molecular flexibility index (Phi) is 8.74. The molecule has 0 spiro atoms. The van der Waals surface area contributed by atoms with E-state index >= 15 is 0 Å². The van der Waals surface area contributed by atoms with Gasteiger partial charge in [0.15, 0.2) is 0 Å². The second kappa shape index (κ2) is 8.85. The van der Waals surface area contributed by atoms with E-state index < -0.39 is 0 Å². The summed E-state index contributed by atoms with van der Waals surface area (Å²) in [5.74, 6) is 0. The molecule has 0 atom stereocenters. The van der Waals surface area contributed by atoms with E-state index in [2.05, 4.69) is 54.6 Å². The summed E-state index contributed by atoms with van der Waals surface area (Å²) in [6.07, 6.45) is 11.0. The zero-order valence-electron chi connectivity index (χ0n) is 10.5. The fourth-order valence-corrected chi connectivity index (χ4v) is 2.26.